The number of hydrogen-bond acceptors (Lipinski definition) is 3. The van der Waals surface area contributed by atoms with Crippen molar-refractivity contribution in [2.24, 2.45) is 12.2 Å². The zero-order valence-corrected chi connectivity index (χ0v) is 9.48. The summed E-state index contributed by atoms with van der Waals surface area (Å²) < 4.78 is 24.0. The third-order valence-corrected chi connectivity index (χ3v) is 3.08. The fraction of sp³-hybridized carbons (Fsp3) is 0.100. The molecule has 2 rings (SSSR count). The summed E-state index contributed by atoms with van der Waals surface area (Å²) in [4.78, 5) is 0.0932. The molecule has 0 bridgehead atoms. The van der Waals surface area contributed by atoms with Gasteiger partial charge in [-0.1, -0.05) is 12.1 Å². The Morgan fingerprint density at radius 3 is 2.62 bits per heavy atom. The van der Waals surface area contributed by atoms with E-state index in [2.05, 4.69) is 5.10 Å². The van der Waals surface area contributed by atoms with E-state index >= 15 is 0 Å². The first kappa shape index (κ1) is 10.8. The molecule has 0 aliphatic rings. The van der Waals surface area contributed by atoms with Gasteiger partial charge >= 0.3 is 0 Å². The number of rotatable bonds is 2. The summed E-state index contributed by atoms with van der Waals surface area (Å²) >= 11 is 0. The molecule has 0 unspecified atom stereocenters. The summed E-state index contributed by atoms with van der Waals surface area (Å²) in [6.07, 6.45) is 1.79. The predicted octanol–water partition coefficient (Wildman–Crippen LogP) is 0.735. The topological polar surface area (TPSA) is 78.0 Å². The van der Waals surface area contributed by atoms with Crippen molar-refractivity contribution in [3.8, 4) is 11.3 Å². The maximum atomic E-state index is 11.2. The molecule has 1 aromatic heterocycles. The first-order chi connectivity index (χ1) is 7.47. The normalized spacial score (nSPS) is 11.6. The molecule has 0 amide bonds. The summed E-state index contributed by atoms with van der Waals surface area (Å²) in [7, 11) is -1.86. The number of hydrogen-bond donors (Lipinski definition) is 1. The molecule has 0 spiro atoms. The van der Waals surface area contributed by atoms with Crippen molar-refractivity contribution in [2.75, 3.05) is 0 Å². The molecule has 5 nitrogen and oxygen atoms in total. The van der Waals surface area contributed by atoms with Crippen molar-refractivity contribution in [1.82, 2.24) is 9.78 Å². The molecular formula is C10H11N3O2S. The van der Waals surface area contributed by atoms with Crippen LogP contribution >= 0.6 is 0 Å². The molecule has 2 N–H and O–H groups in total. The fourth-order valence-electron chi connectivity index (χ4n) is 1.40. The van der Waals surface area contributed by atoms with Gasteiger partial charge in [0.25, 0.3) is 0 Å². The van der Waals surface area contributed by atoms with Crippen LogP contribution in [-0.4, -0.2) is 18.2 Å². The molecular weight excluding hydrogens is 226 g/mol. The minimum absolute atomic E-state index is 0.0932. The van der Waals surface area contributed by atoms with E-state index in [1.807, 2.05) is 6.07 Å². The lowest BCUT2D eigenvalue weighted by Crippen LogP contribution is -2.11. The van der Waals surface area contributed by atoms with Crippen LogP contribution in [-0.2, 0) is 17.1 Å². The Bertz CT molecular complexity index is 616. The van der Waals surface area contributed by atoms with Crippen molar-refractivity contribution in [1.29, 1.82) is 0 Å². The highest BCUT2D eigenvalue weighted by Crippen LogP contribution is 2.19. The van der Waals surface area contributed by atoms with Crippen molar-refractivity contribution < 1.29 is 8.42 Å². The molecule has 0 aliphatic carbocycles. The molecule has 6 heteroatoms. The largest absolute Gasteiger partial charge is 0.275 e. The molecule has 1 aromatic carbocycles. The van der Waals surface area contributed by atoms with Gasteiger partial charge in [0.2, 0.25) is 10.0 Å². The second-order valence-corrected chi connectivity index (χ2v) is 5.01. The van der Waals surface area contributed by atoms with E-state index in [1.165, 1.54) is 12.1 Å². The number of nitrogens with zero attached hydrogens (tertiary/aromatic N) is 2. The standard InChI is InChI=1S/C10H11N3O2S/c1-13-6-5-10(12-13)8-3-2-4-9(7-8)16(11,14)15/h2-7H,1H3,(H2,11,14,15). The second-order valence-electron chi connectivity index (χ2n) is 3.45. The van der Waals surface area contributed by atoms with Crippen LogP contribution in [0.3, 0.4) is 0 Å². The SMILES string of the molecule is Cn1ccc(-c2cccc(S(N)(=O)=O)c2)n1. The van der Waals surface area contributed by atoms with Crippen LogP contribution in [0.1, 0.15) is 0 Å². The average molecular weight is 237 g/mol. The Hall–Kier alpha value is -1.66. The van der Waals surface area contributed by atoms with Gasteiger partial charge < -0.3 is 0 Å². The van der Waals surface area contributed by atoms with Gasteiger partial charge in [-0.3, -0.25) is 4.68 Å². The van der Waals surface area contributed by atoms with Crippen molar-refractivity contribution in [3.05, 3.63) is 36.5 Å². The lowest BCUT2D eigenvalue weighted by Gasteiger charge is -2.00. The van der Waals surface area contributed by atoms with Gasteiger partial charge in [-0.15, -0.1) is 0 Å². The number of nitrogens with two attached hydrogens (primary N) is 1. The highest BCUT2D eigenvalue weighted by Gasteiger charge is 2.09. The number of aromatic nitrogens is 2. The minimum atomic E-state index is -3.66. The third kappa shape index (κ3) is 2.12. The van der Waals surface area contributed by atoms with Crippen LogP contribution in [0.15, 0.2) is 41.4 Å². The molecule has 2 aromatic rings. The van der Waals surface area contributed by atoms with Crippen LogP contribution in [0.25, 0.3) is 11.3 Å². The van der Waals surface area contributed by atoms with Crippen LogP contribution in [0, 0.1) is 0 Å². The summed E-state index contributed by atoms with van der Waals surface area (Å²) in [6.45, 7) is 0. The molecule has 1 heterocycles. The van der Waals surface area contributed by atoms with Crippen LogP contribution < -0.4 is 5.14 Å². The van der Waals surface area contributed by atoms with E-state index in [0.717, 1.165) is 5.56 Å². The van der Waals surface area contributed by atoms with Crippen molar-refractivity contribution in [2.45, 2.75) is 4.90 Å². The van der Waals surface area contributed by atoms with Crippen LogP contribution in [0.4, 0.5) is 0 Å². The summed E-state index contributed by atoms with van der Waals surface area (Å²) in [5, 5.41) is 9.24. The molecule has 0 atom stereocenters. The zero-order chi connectivity index (χ0) is 11.8. The van der Waals surface area contributed by atoms with Gasteiger partial charge in [-0.2, -0.15) is 5.10 Å². The average Bonchev–Trinajstić information content (AvgIpc) is 2.64. The van der Waals surface area contributed by atoms with Crippen molar-refractivity contribution in [3.63, 3.8) is 0 Å². The predicted molar refractivity (Wildman–Crippen MR) is 60.0 cm³/mol. The van der Waals surface area contributed by atoms with Gasteiger partial charge in [0.1, 0.15) is 0 Å². The van der Waals surface area contributed by atoms with Gasteiger partial charge in [0.05, 0.1) is 10.6 Å². The molecule has 0 fully saturated rings. The first-order valence-corrected chi connectivity index (χ1v) is 6.14. The summed E-state index contributed by atoms with van der Waals surface area (Å²) in [5.41, 5.74) is 1.44. The molecule has 0 radical (unpaired) electrons. The van der Waals surface area contributed by atoms with Crippen LogP contribution in [0.2, 0.25) is 0 Å². The first-order valence-electron chi connectivity index (χ1n) is 4.60. The Labute approximate surface area is 93.6 Å². The Balaban J connectivity index is 2.52. The van der Waals surface area contributed by atoms with Gasteiger partial charge in [-0.05, 0) is 18.2 Å². The number of aryl methyl sites for hydroxylation is 1. The number of primary sulfonamides is 1. The Kier molecular flexibility index (Phi) is 2.53. The molecule has 16 heavy (non-hydrogen) atoms. The van der Waals surface area contributed by atoms with Gasteiger partial charge in [-0.25, -0.2) is 13.6 Å². The maximum absolute atomic E-state index is 11.2. The Morgan fingerprint density at radius 1 is 1.31 bits per heavy atom. The zero-order valence-electron chi connectivity index (χ0n) is 8.66. The van der Waals surface area contributed by atoms with E-state index < -0.39 is 10.0 Å². The Morgan fingerprint density at radius 2 is 2.06 bits per heavy atom. The number of benzene rings is 1. The van der Waals surface area contributed by atoms with E-state index in [9.17, 15) is 8.42 Å². The van der Waals surface area contributed by atoms with E-state index in [4.69, 9.17) is 5.14 Å². The highest BCUT2D eigenvalue weighted by atomic mass is 32.2. The smallest absolute Gasteiger partial charge is 0.238 e. The van der Waals surface area contributed by atoms with E-state index in [-0.39, 0.29) is 4.90 Å². The molecule has 0 aliphatic heterocycles. The fourth-order valence-corrected chi connectivity index (χ4v) is 1.96. The van der Waals surface area contributed by atoms with E-state index in [0.29, 0.717) is 5.69 Å². The highest BCUT2D eigenvalue weighted by molar-refractivity contribution is 7.89. The molecule has 84 valence electrons. The van der Waals surface area contributed by atoms with Gasteiger partial charge in [0, 0.05) is 18.8 Å². The minimum Gasteiger partial charge on any atom is -0.275 e. The maximum Gasteiger partial charge on any atom is 0.238 e. The van der Waals surface area contributed by atoms with Gasteiger partial charge in [0.15, 0.2) is 0 Å². The molecule has 0 saturated heterocycles. The number of sulfonamides is 1. The van der Waals surface area contributed by atoms with Crippen molar-refractivity contribution >= 4 is 10.0 Å². The lowest BCUT2D eigenvalue weighted by molar-refractivity contribution is 0.598. The second kappa shape index (κ2) is 3.73. The lowest BCUT2D eigenvalue weighted by atomic mass is 10.2. The monoisotopic (exact) mass is 237 g/mol. The molecule has 0 saturated carbocycles. The van der Waals surface area contributed by atoms with Crippen LogP contribution in [0.5, 0.6) is 0 Å². The summed E-state index contributed by atoms with van der Waals surface area (Å²) in [5.74, 6) is 0. The third-order valence-electron chi connectivity index (χ3n) is 2.17. The quantitative estimate of drug-likeness (QED) is 0.836. The summed E-state index contributed by atoms with van der Waals surface area (Å²) in [6, 6.07) is 8.21. The van der Waals surface area contributed by atoms with E-state index in [1.54, 1.807) is 30.1 Å².